The number of hydrogen-bond donors (Lipinski definition) is 2. The van der Waals surface area contributed by atoms with E-state index in [-0.39, 0.29) is 11.8 Å². The summed E-state index contributed by atoms with van der Waals surface area (Å²) in [5, 5.41) is 3.05. The minimum absolute atomic E-state index is 0.198. The summed E-state index contributed by atoms with van der Waals surface area (Å²) in [6, 6.07) is 4.38. The Morgan fingerprint density at radius 1 is 1.53 bits per heavy atom. The van der Waals surface area contributed by atoms with Crippen LogP contribution in [0.2, 0.25) is 0 Å². The van der Waals surface area contributed by atoms with Gasteiger partial charge in [-0.15, -0.1) is 0 Å². The minimum atomic E-state index is -0.301. The predicted octanol–water partition coefficient (Wildman–Crippen LogP) is 2.46. The molecule has 0 amide bonds. The number of nitrogens with one attached hydrogen (secondary N) is 2. The highest BCUT2D eigenvalue weighted by Crippen LogP contribution is 2.15. The summed E-state index contributed by atoms with van der Waals surface area (Å²) in [7, 11) is 0. The Kier molecular flexibility index (Phi) is 4.33. The number of anilines is 1. The molecule has 1 aromatic carbocycles. The van der Waals surface area contributed by atoms with Crippen LogP contribution in [0.5, 0.6) is 0 Å². The molecule has 0 saturated heterocycles. The topological polar surface area (TPSA) is 67.0 Å². The molecule has 0 aliphatic carbocycles. The van der Waals surface area contributed by atoms with Crippen molar-refractivity contribution in [3.63, 3.8) is 0 Å². The number of rotatable bonds is 6. The molecule has 1 aromatic heterocycles. The van der Waals surface area contributed by atoms with Gasteiger partial charge in [0.25, 0.3) is 0 Å². The Morgan fingerprint density at radius 2 is 2.37 bits per heavy atom. The maximum atomic E-state index is 13.0. The van der Waals surface area contributed by atoms with Crippen LogP contribution in [-0.4, -0.2) is 29.1 Å². The van der Waals surface area contributed by atoms with Crippen LogP contribution in [0.1, 0.15) is 19.8 Å². The van der Waals surface area contributed by atoms with Crippen LogP contribution in [0.15, 0.2) is 18.2 Å². The summed E-state index contributed by atoms with van der Waals surface area (Å²) >= 11 is 0. The van der Waals surface area contributed by atoms with Crippen LogP contribution in [-0.2, 0) is 9.53 Å². The van der Waals surface area contributed by atoms with Gasteiger partial charge in [-0.3, -0.25) is 4.79 Å². The molecule has 1 heterocycles. The summed E-state index contributed by atoms with van der Waals surface area (Å²) in [4.78, 5) is 18.3. The lowest BCUT2D eigenvalue weighted by atomic mass is 10.3. The summed E-state index contributed by atoms with van der Waals surface area (Å²) < 4.78 is 17.8. The van der Waals surface area contributed by atoms with Crippen molar-refractivity contribution >= 4 is 23.0 Å². The molecular formula is C13H16FN3O2. The van der Waals surface area contributed by atoms with Crippen LogP contribution < -0.4 is 5.32 Å². The predicted molar refractivity (Wildman–Crippen MR) is 70.4 cm³/mol. The van der Waals surface area contributed by atoms with E-state index in [4.69, 9.17) is 4.74 Å². The number of carbonyl (C=O) groups is 1. The van der Waals surface area contributed by atoms with E-state index < -0.39 is 0 Å². The van der Waals surface area contributed by atoms with Gasteiger partial charge in [0.05, 0.1) is 17.6 Å². The molecular weight excluding hydrogens is 249 g/mol. The number of nitrogens with zero attached hydrogens (tertiary/aromatic N) is 1. The summed E-state index contributed by atoms with van der Waals surface area (Å²) in [5.41, 5.74) is 1.35. The molecule has 0 saturated carbocycles. The number of carbonyl (C=O) groups excluding carboxylic acids is 1. The second-order valence-corrected chi connectivity index (χ2v) is 4.08. The Hall–Kier alpha value is -2.11. The number of aromatic nitrogens is 2. The molecule has 5 nitrogen and oxygen atoms in total. The van der Waals surface area contributed by atoms with Gasteiger partial charge in [0.1, 0.15) is 5.82 Å². The number of aromatic amines is 1. The van der Waals surface area contributed by atoms with Crippen LogP contribution in [0.25, 0.3) is 11.0 Å². The average Bonchev–Trinajstić information content (AvgIpc) is 2.77. The van der Waals surface area contributed by atoms with Crippen molar-refractivity contribution in [2.45, 2.75) is 19.8 Å². The van der Waals surface area contributed by atoms with Crippen molar-refractivity contribution in [1.29, 1.82) is 0 Å². The second kappa shape index (κ2) is 6.17. The first-order chi connectivity index (χ1) is 9.19. The van der Waals surface area contributed by atoms with E-state index in [1.54, 1.807) is 13.0 Å². The Morgan fingerprint density at radius 3 is 3.16 bits per heavy atom. The first kappa shape index (κ1) is 13.3. The van der Waals surface area contributed by atoms with Gasteiger partial charge in [-0.1, -0.05) is 0 Å². The van der Waals surface area contributed by atoms with E-state index in [1.807, 2.05) is 0 Å². The number of benzene rings is 1. The molecule has 6 heteroatoms. The number of halogens is 1. The lowest BCUT2D eigenvalue weighted by Crippen LogP contribution is -2.08. The molecule has 2 N–H and O–H groups in total. The number of fused-ring (bicyclic) bond motifs is 1. The third-order valence-electron chi connectivity index (χ3n) is 2.60. The smallest absolute Gasteiger partial charge is 0.305 e. The van der Waals surface area contributed by atoms with E-state index >= 15 is 0 Å². The molecule has 102 valence electrons. The Balaban J connectivity index is 1.83. The first-order valence-corrected chi connectivity index (χ1v) is 6.24. The SMILES string of the molecule is CCOC(=O)CCCNc1nc2ccc(F)cc2[nH]1. The fourth-order valence-corrected chi connectivity index (χ4v) is 1.74. The molecule has 2 rings (SSSR count). The largest absolute Gasteiger partial charge is 0.466 e. The minimum Gasteiger partial charge on any atom is -0.466 e. The van der Waals surface area contributed by atoms with Gasteiger partial charge < -0.3 is 15.0 Å². The molecule has 0 fully saturated rings. The van der Waals surface area contributed by atoms with Gasteiger partial charge in [-0.05, 0) is 31.5 Å². The van der Waals surface area contributed by atoms with Crippen molar-refractivity contribution in [3.05, 3.63) is 24.0 Å². The molecule has 0 bridgehead atoms. The molecule has 0 spiro atoms. The summed E-state index contributed by atoms with van der Waals surface area (Å²) in [6.07, 6.45) is 1.03. The van der Waals surface area contributed by atoms with E-state index in [0.717, 1.165) is 0 Å². The van der Waals surface area contributed by atoms with E-state index in [2.05, 4.69) is 15.3 Å². The Labute approximate surface area is 110 Å². The van der Waals surface area contributed by atoms with Crippen LogP contribution in [0.4, 0.5) is 10.3 Å². The highest BCUT2D eigenvalue weighted by Gasteiger charge is 2.04. The molecule has 19 heavy (non-hydrogen) atoms. The van der Waals surface area contributed by atoms with Crippen molar-refractivity contribution < 1.29 is 13.9 Å². The third-order valence-corrected chi connectivity index (χ3v) is 2.60. The lowest BCUT2D eigenvalue weighted by molar-refractivity contribution is -0.143. The van der Waals surface area contributed by atoms with Crippen LogP contribution in [0.3, 0.4) is 0 Å². The van der Waals surface area contributed by atoms with Gasteiger partial charge in [0.2, 0.25) is 5.95 Å². The van der Waals surface area contributed by atoms with E-state index in [0.29, 0.717) is 43.0 Å². The maximum Gasteiger partial charge on any atom is 0.305 e. The zero-order chi connectivity index (χ0) is 13.7. The van der Waals surface area contributed by atoms with Gasteiger partial charge in [0, 0.05) is 13.0 Å². The molecule has 2 aromatic rings. The fourth-order valence-electron chi connectivity index (χ4n) is 1.74. The lowest BCUT2D eigenvalue weighted by Gasteiger charge is -2.02. The fraction of sp³-hybridized carbons (Fsp3) is 0.385. The summed E-state index contributed by atoms with van der Waals surface area (Å²) in [5.74, 6) is 0.0745. The van der Waals surface area contributed by atoms with Crippen molar-refractivity contribution in [3.8, 4) is 0 Å². The molecule has 0 atom stereocenters. The standard InChI is InChI=1S/C13H16FN3O2/c1-2-19-12(18)4-3-7-15-13-16-10-6-5-9(14)8-11(10)17-13/h5-6,8H,2-4,7H2,1H3,(H2,15,16,17). The molecule has 0 unspecified atom stereocenters. The number of H-pyrrole nitrogens is 1. The number of ether oxygens (including phenoxy) is 1. The van der Waals surface area contributed by atoms with Crippen molar-refractivity contribution in [1.82, 2.24) is 9.97 Å². The third kappa shape index (κ3) is 3.67. The van der Waals surface area contributed by atoms with Gasteiger partial charge in [-0.25, -0.2) is 9.37 Å². The second-order valence-electron chi connectivity index (χ2n) is 4.08. The zero-order valence-electron chi connectivity index (χ0n) is 10.7. The summed E-state index contributed by atoms with van der Waals surface area (Å²) in [6.45, 7) is 2.78. The number of esters is 1. The van der Waals surface area contributed by atoms with Crippen LogP contribution >= 0.6 is 0 Å². The quantitative estimate of drug-likeness (QED) is 0.622. The van der Waals surface area contributed by atoms with Gasteiger partial charge in [-0.2, -0.15) is 0 Å². The van der Waals surface area contributed by atoms with Crippen LogP contribution in [0, 0.1) is 5.82 Å². The van der Waals surface area contributed by atoms with E-state index in [1.165, 1.54) is 12.1 Å². The molecule has 0 aliphatic rings. The van der Waals surface area contributed by atoms with Gasteiger partial charge in [0.15, 0.2) is 0 Å². The molecule has 0 aliphatic heterocycles. The number of hydrogen-bond acceptors (Lipinski definition) is 4. The van der Waals surface area contributed by atoms with Gasteiger partial charge >= 0.3 is 5.97 Å². The maximum absolute atomic E-state index is 13.0. The van der Waals surface area contributed by atoms with Crippen molar-refractivity contribution in [2.75, 3.05) is 18.5 Å². The molecule has 0 radical (unpaired) electrons. The van der Waals surface area contributed by atoms with Crippen molar-refractivity contribution in [2.24, 2.45) is 0 Å². The van der Waals surface area contributed by atoms with E-state index in [9.17, 15) is 9.18 Å². The highest BCUT2D eigenvalue weighted by atomic mass is 19.1. The monoisotopic (exact) mass is 265 g/mol. The number of imidazole rings is 1. The average molecular weight is 265 g/mol. The zero-order valence-corrected chi connectivity index (χ0v) is 10.7. The first-order valence-electron chi connectivity index (χ1n) is 6.24. The highest BCUT2D eigenvalue weighted by molar-refractivity contribution is 5.77. The normalized spacial score (nSPS) is 10.6. The Bertz CT molecular complexity index is 568.